The minimum Gasteiger partial charge on any atom is -0.433 e. The number of nitrogens with one attached hydrogen (secondary N) is 1. The molecule has 0 bridgehead atoms. The molecule has 0 spiro atoms. The monoisotopic (exact) mass is 346 g/mol. The van der Waals surface area contributed by atoms with Crippen LogP contribution in [0.4, 0.5) is 30.2 Å². The normalized spacial score (nSPS) is 10.7. The van der Waals surface area contributed by atoms with Crippen molar-refractivity contribution in [1.82, 2.24) is 0 Å². The number of anilines is 3. The van der Waals surface area contributed by atoms with Crippen LogP contribution < -0.4 is 15.8 Å². The van der Waals surface area contributed by atoms with Crippen molar-refractivity contribution in [3.8, 4) is 5.75 Å². The topological polar surface area (TPSA) is 47.3 Å². The largest absolute Gasteiger partial charge is 0.433 e. The Bertz CT molecular complexity index is 623. The predicted molar refractivity (Wildman–Crippen MR) is 74.9 cm³/mol. The van der Waals surface area contributed by atoms with Crippen molar-refractivity contribution in [3.63, 3.8) is 0 Å². The molecule has 0 aromatic heterocycles. The Hall–Kier alpha value is -1.89. The number of rotatable bonds is 4. The van der Waals surface area contributed by atoms with E-state index in [1.165, 1.54) is 24.3 Å². The molecule has 0 unspecified atom stereocenters. The van der Waals surface area contributed by atoms with Gasteiger partial charge in [-0.05, 0) is 34.1 Å². The zero-order valence-corrected chi connectivity index (χ0v) is 11.6. The Kier molecular flexibility index (Phi) is 4.39. The van der Waals surface area contributed by atoms with Crippen LogP contribution in [-0.4, -0.2) is 6.61 Å². The van der Waals surface area contributed by atoms with Gasteiger partial charge >= 0.3 is 6.61 Å². The van der Waals surface area contributed by atoms with Gasteiger partial charge in [-0.1, -0.05) is 12.1 Å². The standard InChI is InChI=1S/C13H10BrF3N2O/c14-7-5-9(18)11(6-8(7)15)19-10-3-1-2-4-12(10)20-13(16)17/h1-6,13,19H,18H2. The van der Waals surface area contributed by atoms with Gasteiger partial charge in [0.1, 0.15) is 11.6 Å². The van der Waals surface area contributed by atoms with E-state index in [4.69, 9.17) is 5.73 Å². The highest BCUT2D eigenvalue weighted by Crippen LogP contribution is 2.33. The second kappa shape index (κ2) is 6.04. The van der Waals surface area contributed by atoms with Gasteiger partial charge in [0.2, 0.25) is 0 Å². The van der Waals surface area contributed by atoms with Crippen molar-refractivity contribution >= 4 is 33.0 Å². The van der Waals surface area contributed by atoms with Gasteiger partial charge in [0.15, 0.2) is 0 Å². The second-order valence-electron chi connectivity index (χ2n) is 3.85. The number of ether oxygens (including phenoxy) is 1. The van der Waals surface area contributed by atoms with Crippen molar-refractivity contribution in [2.24, 2.45) is 0 Å². The summed E-state index contributed by atoms with van der Waals surface area (Å²) in [6.45, 7) is -2.95. The fourth-order valence-electron chi connectivity index (χ4n) is 1.58. The minimum atomic E-state index is -2.95. The van der Waals surface area contributed by atoms with Gasteiger partial charge in [0, 0.05) is 6.07 Å². The minimum absolute atomic E-state index is 0.0507. The quantitative estimate of drug-likeness (QED) is 0.800. The van der Waals surface area contributed by atoms with Crippen molar-refractivity contribution in [1.29, 1.82) is 0 Å². The molecule has 2 rings (SSSR count). The van der Waals surface area contributed by atoms with Crippen molar-refractivity contribution in [2.45, 2.75) is 6.61 Å². The number of benzene rings is 2. The number of nitrogens with two attached hydrogens (primary N) is 1. The van der Waals surface area contributed by atoms with E-state index in [-0.39, 0.29) is 27.3 Å². The van der Waals surface area contributed by atoms with Crippen LogP contribution in [-0.2, 0) is 0 Å². The molecule has 106 valence electrons. The number of alkyl halides is 2. The summed E-state index contributed by atoms with van der Waals surface area (Å²) in [6, 6.07) is 8.63. The summed E-state index contributed by atoms with van der Waals surface area (Å²) in [5, 5.41) is 2.77. The Morgan fingerprint density at radius 3 is 2.55 bits per heavy atom. The molecule has 0 aliphatic rings. The molecule has 0 atom stereocenters. The Morgan fingerprint density at radius 2 is 1.85 bits per heavy atom. The van der Waals surface area contributed by atoms with Crippen LogP contribution in [0.1, 0.15) is 0 Å². The van der Waals surface area contributed by atoms with Gasteiger partial charge in [0.25, 0.3) is 0 Å². The third-order valence-corrected chi connectivity index (χ3v) is 3.07. The van der Waals surface area contributed by atoms with Gasteiger partial charge < -0.3 is 15.8 Å². The van der Waals surface area contributed by atoms with Crippen LogP contribution in [0.15, 0.2) is 40.9 Å². The van der Waals surface area contributed by atoms with Gasteiger partial charge in [-0.2, -0.15) is 8.78 Å². The first-order valence-corrected chi connectivity index (χ1v) is 6.32. The summed E-state index contributed by atoms with van der Waals surface area (Å²) < 4.78 is 42.7. The maximum absolute atomic E-state index is 13.5. The van der Waals surface area contributed by atoms with Crippen LogP contribution in [0.2, 0.25) is 0 Å². The molecular formula is C13H10BrF3N2O. The average molecular weight is 347 g/mol. The lowest BCUT2D eigenvalue weighted by Gasteiger charge is -2.14. The van der Waals surface area contributed by atoms with E-state index in [9.17, 15) is 13.2 Å². The van der Waals surface area contributed by atoms with E-state index in [0.717, 1.165) is 0 Å². The predicted octanol–water partition coefficient (Wildman–Crippen LogP) is 4.52. The molecule has 2 aromatic carbocycles. The number of hydrogen-bond donors (Lipinski definition) is 2. The van der Waals surface area contributed by atoms with Crippen molar-refractivity contribution in [2.75, 3.05) is 11.1 Å². The molecule has 2 aromatic rings. The van der Waals surface area contributed by atoms with E-state index in [1.807, 2.05) is 0 Å². The first-order chi connectivity index (χ1) is 9.47. The van der Waals surface area contributed by atoms with Crippen LogP contribution in [0, 0.1) is 5.82 Å². The van der Waals surface area contributed by atoms with Crippen LogP contribution in [0.3, 0.4) is 0 Å². The van der Waals surface area contributed by atoms with E-state index >= 15 is 0 Å². The number of para-hydroxylation sites is 2. The fraction of sp³-hybridized carbons (Fsp3) is 0.0769. The summed E-state index contributed by atoms with van der Waals surface area (Å²) >= 11 is 3.01. The maximum Gasteiger partial charge on any atom is 0.387 e. The third-order valence-electron chi connectivity index (χ3n) is 2.46. The van der Waals surface area contributed by atoms with Crippen molar-refractivity contribution < 1.29 is 17.9 Å². The summed E-state index contributed by atoms with van der Waals surface area (Å²) in [6.07, 6.45) is 0. The van der Waals surface area contributed by atoms with E-state index in [1.54, 1.807) is 12.1 Å². The Labute approximate surface area is 121 Å². The molecule has 0 aliphatic heterocycles. The number of hydrogen-bond acceptors (Lipinski definition) is 3. The third kappa shape index (κ3) is 3.36. The first kappa shape index (κ1) is 14.5. The summed E-state index contributed by atoms with van der Waals surface area (Å²) in [4.78, 5) is 0. The highest BCUT2D eigenvalue weighted by Gasteiger charge is 2.11. The van der Waals surface area contributed by atoms with Crippen LogP contribution in [0.5, 0.6) is 5.75 Å². The number of halogens is 4. The molecule has 0 aliphatic carbocycles. The molecular weight excluding hydrogens is 337 g/mol. The van der Waals surface area contributed by atoms with Crippen molar-refractivity contribution in [3.05, 3.63) is 46.7 Å². The molecule has 3 nitrogen and oxygen atoms in total. The molecule has 0 radical (unpaired) electrons. The van der Waals surface area contributed by atoms with E-state index in [0.29, 0.717) is 0 Å². The first-order valence-electron chi connectivity index (χ1n) is 5.52. The molecule has 0 fully saturated rings. The summed E-state index contributed by atoms with van der Waals surface area (Å²) in [7, 11) is 0. The SMILES string of the molecule is Nc1cc(Br)c(F)cc1Nc1ccccc1OC(F)F. The number of nitrogen functional groups attached to an aromatic ring is 1. The van der Waals surface area contributed by atoms with Crippen LogP contribution >= 0.6 is 15.9 Å². The molecule has 7 heteroatoms. The molecule has 0 amide bonds. The Morgan fingerprint density at radius 1 is 1.15 bits per heavy atom. The van der Waals surface area contributed by atoms with Gasteiger partial charge in [-0.3, -0.25) is 0 Å². The lowest BCUT2D eigenvalue weighted by molar-refractivity contribution is -0.0493. The zero-order valence-electron chi connectivity index (χ0n) is 10.0. The lowest BCUT2D eigenvalue weighted by atomic mass is 10.2. The highest BCUT2D eigenvalue weighted by molar-refractivity contribution is 9.10. The average Bonchev–Trinajstić information content (AvgIpc) is 2.37. The van der Waals surface area contributed by atoms with Crippen LogP contribution in [0.25, 0.3) is 0 Å². The van der Waals surface area contributed by atoms with Gasteiger partial charge in [-0.25, -0.2) is 4.39 Å². The van der Waals surface area contributed by atoms with Gasteiger partial charge in [0.05, 0.1) is 21.5 Å². The van der Waals surface area contributed by atoms with E-state index < -0.39 is 12.4 Å². The smallest absolute Gasteiger partial charge is 0.387 e. The Balaban J connectivity index is 2.33. The zero-order chi connectivity index (χ0) is 14.7. The second-order valence-corrected chi connectivity index (χ2v) is 4.71. The van der Waals surface area contributed by atoms with Gasteiger partial charge in [-0.15, -0.1) is 0 Å². The lowest BCUT2D eigenvalue weighted by Crippen LogP contribution is -2.05. The molecule has 0 saturated heterocycles. The molecule has 0 saturated carbocycles. The summed E-state index contributed by atoms with van der Waals surface area (Å²) in [5.74, 6) is -0.570. The summed E-state index contributed by atoms with van der Waals surface area (Å²) in [5.41, 5.74) is 6.54. The maximum atomic E-state index is 13.5. The van der Waals surface area contributed by atoms with E-state index in [2.05, 4.69) is 26.0 Å². The molecule has 3 N–H and O–H groups in total. The fourth-order valence-corrected chi connectivity index (χ4v) is 1.95. The molecule has 20 heavy (non-hydrogen) atoms. The molecule has 0 heterocycles. The highest BCUT2D eigenvalue weighted by atomic mass is 79.9.